The average Bonchev–Trinajstić information content (AvgIpc) is 2.88. The van der Waals surface area contributed by atoms with E-state index in [0.29, 0.717) is 5.69 Å². The Kier molecular flexibility index (Phi) is 7.26. The van der Waals surface area contributed by atoms with Crippen molar-refractivity contribution in [3.05, 3.63) is 17.0 Å². The number of nitrogens with zero attached hydrogens (tertiary/aromatic N) is 2. The van der Waals surface area contributed by atoms with Crippen LogP contribution in [0.3, 0.4) is 0 Å². The molecule has 0 saturated carbocycles. The highest BCUT2D eigenvalue weighted by Crippen LogP contribution is 2.27. The average molecular weight is 323 g/mol. The van der Waals surface area contributed by atoms with Gasteiger partial charge in [-0.1, -0.05) is 32.9 Å². The molecule has 0 saturated heterocycles. The number of carbonyl (C=O) groups excluding carboxylic acids is 1. The van der Waals surface area contributed by atoms with E-state index in [-0.39, 0.29) is 17.4 Å². The third kappa shape index (κ3) is 4.80. The topological polar surface area (TPSA) is 58.4 Å². The highest BCUT2D eigenvalue weighted by molar-refractivity contribution is 5.93. The molecule has 5 heteroatoms. The second-order valence-electron chi connectivity index (χ2n) is 6.87. The fraction of sp³-hybridized carbons (Fsp3) is 0.778. The summed E-state index contributed by atoms with van der Waals surface area (Å²) in [5.74, 6) is 0.639. The van der Waals surface area contributed by atoms with Gasteiger partial charge in [0.2, 0.25) is 0 Å². The van der Waals surface area contributed by atoms with Gasteiger partial charge in [0.1, 0.15) is 5.76 Å². The number of amides is 1. The molecule has 1 aromatic rings. The van der Waals surface area contributed by atoms with Crippen LogP contribution >= 0.6 is 0 Å². The lowest BCUT2D eigenvalue weighted by molar-refractivity contribution is 0.0842. The zero-order valence-electron chi connectivity index (χ0n) is 15.8. The van der Waals surface area contributed by atoms with Gasteiger partial charge in [0.05, 0.1) is 0 Å². The van der Waals surface area contributed by atoms with Gasteiger partial charge in [-0.25, -0.2) is 0 Å². The molecule has 2 atom stereocenters. The molecule has 0 radical (unpaired) electrons. The lowest BCUT2D eigenvalue weighted by Gasteiger charge is -2.38. The molecule has 1 rings (SSSR count). The smallest absolute Gasteiger partial charge is 0.273 e. The molecule has 23 heavy (non-hydrogen) atoms. The highest BCUT2D eigenvalue weighted by atomic mass is 16.5. The Bertz CT molecular complexity index is 512. The fourth-order valence-electron chi connectivity index (χ4n) is 2.98. The molecule has 0 spiro atoms. The normalized spacial score (nSPS) is 15.5. The Morgan fingerprint density at radius 1 is 1.39 bits per heavy atom. The van der Waals surface area contributed by atoms with E-state index in [1.165, 1.54) is 0 Å². The molecule has 1 aromatic heterocycles. The summed E-state index contributed by atoms with van der Waals surface area (Å²) in [5.41, 5.74) is 1.28. The van der Waals surface area contributed by atoms with Crippen LogP contribution in [0.5, 0.6) is 0 Å². The first-order chi connectivity index (χ1) is 10.8. The lowest BCUT2D eigenvalue weighted by atomic mass is 9.80. The van der Waals surface area contributed by atoms with Crippen molar-refractivity contribution in [2.45, 2.75) is 66.8 Å². The Morgan fingerprint density at radius 2 is 2.04 bits per heavy atom. The van der Waals surface area contributed by atoms with Crippen LogP contribution in [0.2, 0.25) is 0 Å². The number of carbonyl (C=O) groups is 1. The summed E-state index contributed by atoms with van der Waals surface area (Å²) >= 11 is 0. The zero-order chi connectivity index (χ0) is 17.6. The molecule has 0 aliphatic heterocycles. The predicted molar refractivity (Wildman–Crippen MR) is 93.7 cm³/mol. The number of aromatic nitrogens is 1. The molecule has 1 N–H and O–H groups in total. The summed E-state index contributed by atoms with van der Waals surface area (Å²) in [5, 5.41) is 7.07. The van der Waals surface area contributed by atoms with Gasteiger partial charge in [-0.2, -0.15) is 0 Å². The Balaban J connectivity index is 2.80. The van der Waals surface area contributed by atoms with Crippen molar-refractivity contribution in [2.75, 3.05) is 20.1 Å². The Hall–Kier alpha value is -1.36. The molecule has 2 unspecified atom stereocenters. The second-order valence-corrected chi connectivity index (χ2v) is 6.87. The van der Waals surface area contributed by atoms with E-state index < -0.39 is 0 Å². The summed E-state index contributed by atoms with van der Waals surface area (Å²) in [7, 11) is 2.14. The van der Waals surface area contributed by atoms with Crippen molar-refractivity contribution in [3.8, 4) is 0 Å². The maximum Gasteiger partial charge on any atom is 0.273 e. The van der Waals surface area contributed by atoms with E-state index in [4.69, 9.17) is 4.52 Å². The fourth-order valence-corrected chi connectivity index (χ4v) is 2.98. The number of nitrogens with one attached hydrogen (secondary N) is 1. The van der Waals surface area contributed by atoms with Gasteiger partial charge in [-0.15, -0.1) is 0 Å². The Labute approximate surface area is 140 Å². The van der Waals surface area contributed by atoms with Gasteiger partial charge < -0.3 is 14.7 Å². The van der Waals surface area contributed by atoms with E-state index in [1.807, 2.05) is 13.8 Å². The minimum atomic E-state index is -0.142. The molecule has 0 aliphatic rings. The van der Waals surface area contributed by atoms with Crippen molar-refractivity contribution >= 4 is 5.91 Å². The van der Waals surface area contributed by atoms with Crippen molar-refractivity contribution in [2.24, 2.45) is 5.41 Å². The molecule has 132 valence electrons. The molecule has 0 fully saturated rings. The number of rotatable bonds is 9. The third-order valence-corrected chi connectivity index (χ3v) is 4.99. The first-order valence-corrected chi connectivity index (χ1v) is 8.73. The quantitative estimate of drug-likeness (QED) is 0.756. The third-order valence-electron chi connectivity index (χ3n) is 4.99. The minimum Gasteiger partial charge on any atom is -0.360 e. The number of aryl methyl sites for hydroxylation is 1. The maximum absolute atomic E-state index is 12.5. The highest BCUT2D eigenvalue weighted by Gasteiger charge is 2.32. The van der Waals surface area contributed by atoms with Crippen LogP contribution in [-0.4, -0.2) is 42.1 Å². The van der Waals surface area contributed by atoms with Gasteiger partial charge in [-0.05, 0) is 45.7 Å². The van der Waals surface area contributed by atoms with Crippen LogP contribution < -0.4 is 5.32 Å². The van der Waals surface area contributed by atoms with Gasteiger partial charge in [-0.3, -0.25) is 4.79 Å². The molecule has 0 aliphatic carbocycles. The van der Waals surface area contributed by atoms with Crippen LogP contribution in [0.15, 0.2) is 4.52 Å². The van der Waals surface area contributed by atoms with Crippen LogP contribution in [-0.2, 0) is 6.42 Å². The standard InChI is InChI=1S/C18H33N3O2/c1-8-11-21(7)12-18(6,10-3)14(5)19-17(22)16-13(4)15(9-2)23-20-16/h14H,8-12H2,1-7H3,(H,19,22). The summed E-state index contributed by atoms with van der Waals surface area (Å²) < 4.78 is 5.24. The summed E-state index contributed by atoms with van der Waals surface area (Å²) in [6.07, 6.45) is 2.88. The molecular formula is C18H33N3O2. The van der Waals surface area contributed by atoms with Crippen molar-refractivity contribution in [3.63, 3.8) is 0 Å². The predicted octanol–water partition coefficient (Wildman–Crippen LogP) is 3.42. The van der Waals surface area contributed by atoms with E-state index in [9.17, 15) is 4.79 Å². The van der Waals surface area contributed by atoms with Gasteiger partial charge in [0.25, 0.3) is 5.91 Å². The monoisotopic (exact) mass is 323 g/mol. The van der Waals surface area contributed by atoms with Crippen LogP contribution in [0.25, 0.3) is 0 Å². The van der Waals surface area contributed by atoms with E-state index in [0.717, 1.165) is 43.7 Å². The largest absolute Gasteiger partial charge is 0.360 e. The Morgan fingerprint density at radius 3 is 2.52 bits per heavy atom. The van der Waals surface area contributed by atoms with Crippen LogP contribution in [0.4, 0.5) is 0 Å². The number of hydrogen-bond acceptors (Lipinski definition) is 4. The molecule has 1 heterocycles. The summed E-state index contributed by atoms with van der Waals surface area (Å²) in [6, 6.07) is 0.0560. The van der Waals surface area contributed by atoms with E-state index in [2.05, 4.69) is 50.1 Å². The van der Waals surface area contributed by atoms with Gasteiger partial charge in [0.15, 0.2) is 5.69 Å². The lowest BCUT2D eigenvalue weighted by Crippen LogP contribution is -2.49. The van der Waals surface area contributed by atoms with Crippen molar-refractivity contribution < 1.29 is 9.32 Å². The minimum absolute atomic E-state index is 0.0187. The van der Waals surface area contributed by atoms with Crippen LogP contribution in [0, 0.1) is 12.3 Å². The summed E-state index contributed by atoms with van der Waals surface area (Å²) in [4.78, 5) is 14.9. The first-order valence-electron chi connectivity index (χ1n) is 8.73. The van der Waals surface area contributed by atoms with Gasteiger partial charge in [0, 0.05) is 24.6 Å². The van der Waals surface area contributed by atoms with Crippen LogP contribution in [0.1, 0.15) is 69.3 Å². The van der Waals surface area contributed by atoms with Crippen molar-refractivity contribution in [1.82, 2.24) is 15.4 Å². The summed E-state index contributed by atoms with van der Waals surface area (Å²) in [6.45, 7) is 14.6. The van der Waals surface area contributed by atoms with Crippen molar-refractivity contribution in [1.29, 1.82) is 0 Å². The maximum atomic E-state index is 12.5. The van der Waals surface area contributed by atoms with E-state index >= 15 is 0 Å². The second kappa shape index (κ2) is 8.48. The zero-order valence-corrected chi connectivity index (χ0v) is 15.8. The molecular weight excluding hydrogens is 290 g/mol. The van der Waals surface area contributed by atoms with Gasteiger partial charge >= 0.3 is 0 Å². The number of hydrogen-bond donors (Lipinski definition) is 1. The molecule has 0 aromatic carbocycles. The molecule has 0 bridgehead atoms. The first kappa shape index (κ1) is 19.7. The molecule has 1 amide bonds. The SMILES string of the molecule is CCCN(C)CC(C)(CC)C(C)NC(=O)c1noc(CC)c1C. The molecule has 5 nitrogen and oxygen atoms in total. The van der Waals surface area contributed by atoms with E-state index in [1.54, 1.807) is 0 Å².